The second kappa shape index (κ2) is 8.42. The fourth-order valence-corrected chi connectivity index (χ4v) is 4.47. The highest BCUT2D eigenvalue weighted by atomic mass is 32.2. The molecule has 2 aromatic rings. The average molecular weight is 419 g/mol. The molecular formula is C21H26N2O5S. The molecule has 1 aliphatic rings. The van der Waals surface area contributed by atoms with Crippen LogP contribution in [0.3, 0.4) is 0 Å². The highest BCUT2D eigenvalue weighted by Gasteiger charge is 2.25. The number of anilines is 1. The molecule has 29 heavy (non-hydrogen) atoms. The van der Waals surface area contributed by atoms with Crippen molar-refractivity contribution >= 4 is 21.6 Å². The normalized spacial score (nSPS) is 13.8. The fourth-order valence-electron chi connectivity index (χ4n) is 3.33. The Hall–Kier alpha value is -2.58. The number of nitrogens with zero attached hydrogens (tertiary/aromatic N) is 1. The summed E-state index contributed by atoms with van der Waals surface area (Å²) in [5.41, 5.74) is 3.68. The minimum atomic E-state index is -3.86. The smallest absolute Gasteiger partial charge is 0.243 e. The summed E-state index contributed by atoms with van der Waals surface area (Å²) in [7, 11) is -2.48. The van der Waals surface area contributed by atoms with Crippen LogP contribution in [0.15, 0.2) is 35.2 Å². The van der Waals surface area contributed by atoms with Gasteiger partial charge in [-0.3, -0.25) is 4.79 Å². The van der Waals surface area contributed by atoms with E-state index in [-0.39, 0.29) is 11.4 Å². The Morgan fingerprint density at radius 1 is 1.03 bits per heavy atom. The summed E-state index contributed by atoms with van der Waals surface area (Å²) in [5.74, 6) is 0.514. The van der Waals surface area contributed by atoms with Crippen molar-refractivity contribution in [1.82, 2.24) is 4.31 Å². The van der Waals surface area contributed by atoms with Crippen molar-refractivity contribution in [2.75, 3.05) is 32.1 Å². The van der Waals surface area contributed by atoms with Gasteiger partial charge in [0.25, 0.3) is 0 Å². The summed E-state index contributed by atoms with van der Waals surface area (Å²) in [4.78, 5) is 12.6. The van der Waals surface area contributed by atoms with Crippen LogP contribution in [-0.2, 0) is 14.8 Å². The minimum absolute atomic E-state index is 0.0553. The minimum Gasteiger partial charge on any atom is -0.490 e. The van der Waals surface area contributed by atoms with E-state index in [1.807, 2.05) is 32.9 Å². The Labute approximate surface area is 171 Å². The third-order valence-electron chi connectivity index (χ3n) is 4.73. The van der Waals surface area contributed by atoms with E-state index < -0.39 is 15.9 Å². The lowest BCUT2D eigenvalue weighted by Crippen LogP contribution is -2.35. The lowest BCUT2D eigenvalue weighted by molar-refractivity contribution is -0.116. The van der Waals surface area contributed by atoms with Crippen molar-refractivity contribution in [2.45, 2.75) is 32.1 Å². The van der Waals surface area contributed by atoms with Crippen LogP contribution in [0.2, 0.25) is 0 Å². The summed E-state index contributed by atoms with van der Waals surface area (Å²) in [5, 5.41) is 2.83. The number of nitrogens with one attached hydrogen (secondary N) is 1. The first-order valence-corrected chi connectivity index (χ1v) is 10.9. The van der Waals surface area contributed by atoms with Gasteiger partial charge in [0.05, 0.1) is 24.7 Å². The molecular weight excluding hydrogens is 392 g/mol. The average Bonchev–Trinajstić information content (AvgIpc) is 2.89. The predicted molar refractivity (Wildman–Crippen MR) is 111 cm³/mol. The maximum atomic E-state index is 12.9. The quantitative estimate of drug-likeness (QED) is 0.807. The number of carbonyl (C=O) groups excluding carboxylic acids is 1. The molecule has 0 saturated heterocycles. The molecule has 0 fully saturated rings. The van der Waals surface area contributed by atoms with E-state index in [0.717, 1.165) is 27.4 Å². The highest BCUT2D eigenvalue weighted by Crippen LogP contribution is 2.32. The number of carbonyl (C=O) groups is 1. The SMILES string of the molecule is Cc1cc(C)c(NC(=O)CN(C)S(=O)(=O)c2ccc3c(c2)OCCCO3)c(C)c1. The second-order valence-electron chi connectivity index (χ2n) is 7.24. The van der Waals surface area contributed by atoms with Crippen LogP contribution in [-0.4, -0.2) is 45.4 Å². The van der Waals surface area contributed by atoms with Crippen LogP contribution in [0.25, 0.3) is 0 Å². The summed E-state index contributed by atoms with van der Waals surface area (Å²) in [6.45, 7) is 6.49. The van der Waals surface area contributed by atoms with Crippen LogP contribution in [0.4, 0.5) is 5.69 Å². The standard InChI is InChI=1S/C21H26N2O5S/c1-14-10-15(2)21(16(3)11-14)22-20(24)13-23(4)29(25,26)17-6-7-18-19(12-17)28-9-5-8-27-18/h6-7,10-12H,5,8-9,13H2,1-4H3,(H,22,24). The molecule has 1 aliphatic heterocycles. The van der Waals surface area contributed by atoms with Crippen molar-refractivity contribution in [3.05, 3.63) is 47.0 Å². The Kier molecular flexibility index (Phi) is 6.14. The molecule has 0 aliphatic carbocycles. The molecule has 3 rings (SSSR count). The number of ether oxygens (including phenoxy) is 2. The molecule has 8 heteroatoms. The Morgan fingerprint density at radius 3 is 2.31 bits per heavy atom. The van der Waals surface area contributed by atoms with Gasteiger partial charge >= 0.3 is 0 Å². The van der Waals surface area contributed by atoms with E-state index in [4.69, 9.17) is 9.47 Å². The predicted octanol–water partition coefficient (Wildman–Crippen LogP) is 3.03. The Bertz CT molecular complexity index is 1010. The zero-order chi connectivity index (χ0) is 21.2. The maximum Gasteiger partial charge on any atom is 0.243 e. The topological polar surface area (TPSA) is 84.9 Å². The van der Waals surface area contributed by atoms with Gasteiger partial charge in [0.15, 0.2) is 11.5 Å². The molecule has 1 heterocycles. The Morgan fingerprint density at radius 2 is 1.66 bits per heavy atom. The van der Waals surface area contributed by atoms with Crippen molar-refractivity contribution in [3.63, 3.8) is 0 Å². The number of fused-ring (bicyclic) bond motifs is 1. The summed E-state index contributed by atoms with van der Waals surface area (Å²) in [6.07, 6.45) is 0.731. The molecule has 2 aromatic carbocycles. The van der Waals surface area contributed by atoms with Gasteiger partial charge in [-0.15, -0.1) is 0 Å². The third-order valence-corrected chi connectivity index (χ3v) is 6.53. The first-order valence-electron chi connectivity index (χ1n) is 9.42. The van der Waals surface area contributed by atoms with Crippen molar-refractivity contribution in [1.29, 1.82) is 0 Å². The summed E-state index contributed by atoms with van der Waals surface area (Å²) >= 11 is 0. The van der Waals surface area contributed by atoms with Gasteiger partial charge in [0.2, 0.25) is 15.9 Å². The summed E-state index contributed by atoms with van der Waals surface area (Å²) < 4.78 is 38.0. The van der Waals surface area contributed by atoms with E-state index in [9.17, 15) is 13.2 Å². The lowest BCUT2D eigenvalue weighted by Gasteiger charge is -2.19. The molecule has 7 nitrogen and oxygen atoms in total. The number of amides is 1. The number of likely N-dealkylation sites (N-methyl/N-ethyl adjacent to an activating group) is 1. The Balaban J connectivity index is 1.75. The monoisotopic (exact) mass is 418 g/mol. The van der Waals surface area contributed by atoms with Crippen LogP contribution >= 0.6 is 0 Å². The lowest BCUT2D eigenvalue weighted by atomic mass is 10.1. The van der Waals surface area contributed by atoms with Crippen molar-refractivity contribution < 1.29 is 22.7 Å². The van der Waals surface area contributed by atoms with Gasteiger partial charge in [0.1, 0.15) is 0 Å². The van der Waals surface area contributed by atoms with Gasteiger partial charge in [-0.2, -0.15) is 4.31 Å². The van der Waals surface area contributed by atoms with E-state index >= 15 is 0 Å². The zero-order valence-corrected chi connectivity index (χ0v) is 17.9. The first kappa shape index (κ1) is 21.1. The molecule has 0 bridgehead atoms. The van der Waals surface area contributed by atoms with Crippen LogP contribution < -0.4 is 14.8 Å². The molecule has 0 aromatic heterocycles. The van der Waals surface area contributed by atoms with Gasteiger partial charge < -0.3 is 14.8 Å². The van der Waals surface area contributed by atoms with Crippen LogP contribution in [0, 0.1) is 20.8 Å². The molecule has 156 valence electrons. The summed E-state index contributed by atoms with van der Waals surface area (Å²) in [6, 6.07) is 8.44. The zero-order valence-electron chi connectivity index (χ0n) is 17.1. The number of sulfonamides is 1. The number of hydrogen-bond acceptors (Lipinski definition) is 5. The number of aryl methyl sites for hydroxylation is 3. The third kappa shape index (κ3) is 4.71. The van der Waals surface area contributed by atoms with E-state index in [1.54, 1.807) is 6.07 Å². The van der Waals surface area contributed by atoms with E-state index in [0.29, 0.717) is 30.4 Å². The van der Waals surface area contributed by atoms with E-state index in [1.165, 1.54) is 19.2 Å². The first-order chi connectivity index (χ1) is 13.7. The number of rotatable bonds is 5. The molecule has 1 N–H and O–H groups in total. The van der Waals surface area contributed by atoms with Gasteiger partial charge in [-0.25, -0.2) is 8.42 Å². The van der Waals surface area contributed by atoms with Gasteiger partial charge in [-0.1, -0.05) is 17.7 Å². The van der Waals surface area contributed by atoms with E-state index in [2.05, 4.69) is 5.32 Å². The molecule has 0 radical (unpaired) electrons. The van der Waals surface area contributed by atoms with Crippen molar-refractivity contribution in [3.8, 4) is 11.5 Å². The molecule has 0 spiro atoms. The van der Waals surface area contributed by atoms with Gasteiger partial charge in [-0.05, 0) is 44.0 Å². The fraction of sp³-hybridized carbons (Fsp3) is 0.381. The number of hydrogen-bond donors (Lipinski definition) is 1. The second-order valence-corrected chi connectivity index (χ2v) is 9.29. The molecule has 0 saturated carbocycles. The van der Waals surface area contributed by atoms with Crippen LogP contribution in [0.5, 0.6) is 11.5 Å². The molecule has 1 amide bonds. The maximum absolute atomic E-state index is 12.9. The van der Waals surface area contributed by atoms with Gasteiger partial charge in [0, 0.05) is 25.2 Å². The molecule has 0 atom stereocenters. The largest absolute Gasteiger partial charge is 0.490 e. The van der Waals surface area contributed by atoms with Crippen LogP contribution in [0.1, 0.15) is 23.1 Å². The number of benzene rings is 2. The van der Waals surface area contributed by atoms with Crippen molar-refractivity contribution in [2.24, 2.45) is 0 Å². The molecule has 0 unspecified atom stereocenters. The highest BCUT2D eigenvalue weighted by molar-refractivity contribution is 7.89.